The van der Waals surface area contributed by atoms with Gasteiger partial charge in [0.2, 0.25) is 0 Å². The fourth-order valence-corrected chi connectivity index (χ4v) is 7.32. The Labute approximate surface area is 236 Å². The summed E-state index contributed by atoms with van der Waals surface area (Å²) in [5.74, 6) is 2.15. The molecule has 40 heavy (non-hydrogen) atoms. The Morgan fingerprint density at radius 3 is 2.83 bits per heavy atom. The van der Waals surface area contributed by atoms with Crippen molar-refractivity contribution in [2.45, 2.75) is 76.7 Å². The maximum absolute atomic E-state index is 13.6. The topological polar surface area (TPSA) is 99.7 Å². The van der Waals surface area contributed by atoms with Crippen molar-refractivity contribution in [2.75, 3.05) is 18.4 Å². The first-order valence-corrected chi connectivity index (χ1v) is 14.7. The lowest BCUT2D eigenvalue weighted by molar-refractivity contribution is 0.102. The van der Waals surface area contributed by atoms with E-state index in [0.29, 0.717) is 29.9 Å². The molecular formula is C32H39N7O. The molecule has 0 radical (unpaired) electrons. The maximum atomic E-state index is 13.6. The number of aryl methyl sites for hydroxylation is 1. The van der Waals surface area contributed by atoms with E-state index in [1.54, 1.807) is 6.33 Å². The lowest BCUT2D eigenvalue weighted by Crippen LogP contribution is -2.44. The highest BCUT2D eigenvalue weighted by molar-refractivity contribution is 6.03. The fraction of sp³-hybridized carbons (Fsp3) is 0.531. The molecule has 2 aromatic heterocycles. The largest absolute Gasteiger partial charge is 0.321 e. The van der Waals surface area contributed by atoms with E-state index < -0.39 is 0 Å². The zero-order valence-electron chi connectivity index (χ0n) is 23.9. The third-order valence-corrected chi connectivity index (χ3v) is 9.38. The van der Waals surface area contributed by atoms with E-state index in [4.69, 9.17) is 4.98 Å². The number of hydrogen-bond donors (Lipinski definition) is 1. The summed E-state index contributed by atoms with van der Waals surface area (Å²) in [6.07, 6.45) is 8.62. The average molecular weight is 538 g/mol. The number of rotatable bonds is 7. The smallest absolute Gasteiger partial charge is 0.274 e. The van der Waals surface area contributed by atoms with Crippen LogP contribution in [-0.4, -0.2) is 43.6 Å². The number of piperidine rings is 1. The van der Waals surface area contributed by atoms with Gasteiger partial charge in [-0.1, -0.05) is 26.0 Å². The van der Waals surface area contributed by atoms with Crippen LogP contribution in [-0.2, 0) is 25.4 Å². The van der Waals surface area contributed by atoms with Crippen molar-refractivity contribution in [2.24, 2.45) is 18.9 Å². The first kappa shape index (κ1) is 26.6. The second kappa shape index (κ2) is 10.8. The van der Waals surface area contributed by atoms with Crippen LogP contribution in [0, 0.1) is 23.2 Å². The van der Waals surface area contributed by atoms with Crippen molar-refractivity contribution in [3.63, 3.8) is 0 Å². The maximum Gasteiger partial charge on any atom is 0.274 e. The van der Waals surface area contributed by atoms with Crippen LogP contribution in [0.1, 0.15) is 97.0 Å². The van der Waals surface area contributed by atoms with E-state index in [-0.39, 0.29) is 11.3 Å². The molecule has 2 fully saturated rings. The highest BCUT2D eigenvalue weighted by Gasteiger charge is 2.49. The number of carbonyl (C=O) groups excluding carboxylic acids is 1. The normalized spacial score (nSPS) is 26.1. The molecule has 1 saturated heterocycles. The summed E-state index contributed by atoms with van der Waals surface area (Å²) >= 11 is 0. The molecule has 1 N–H and O–H groups in total. The van der Waals surface area contributed by atoms with Crippen LogP contribution < -0.4 is 5.32 Å². The summed E-state index contributed by atoms with van der Waals surface area (Å²) in [6.45, 7) is 7.68. The quantitative estimate of drug-likeness (QED) is 0.436. The monoisotopic (exact) mass is 537 g/mol. The summed E-state index contributed by atoms with van der Waals surface area (Å²) < 4.78 is 1.97. The zero-order chi connectivity index (χ0) is 27.9. The fourth-order valence-electron chi connectivity index (χ4n) is 7.32. The number of amides is 1. The summed E-state index contributed by atoms with van der Waals surface area (Å²) in [5, 5.41) is 21.0. The molecule has 208 valence electrons. The molecule has 0 bridgehead atoms. The van der Waals surface area contributed by atoms with Gasteiger partial charge in [0.15, 0.2) is 0 Å². The minimum atomic E-state index is -0.312. The van der Waals surface area contributed by atoms with Crippen LogP contribution in [0.4, 0.5) is 5.69 Å². The van der Waals surface area contributed by atoms with Crippen molar-refractivity contribution in [1.29, 1.82) is 5.26 Å². The summed E-state index contributed by atoms with van der Waals surface area (Å²) in [6, 6.07) is 12.4. The molecule has 8 heteroatoms. The number of pyridine rings is 1. The molecule has 1 unspecified atom stereocenters. The molecule has 6 rings (SSSR count). The molecule has 8 nitrogen and oxygen atoms in total. The van der Waals surface area contributed by atoms with Crippen molar-refractivity contribution >= 4 is 11.6 Å². The van der Waals surface area contributed by atoms with E-state index >= 15 is 0 Å². The number of nitrogens with zero attached hydrogens (tertiary/aromatic N) is 6. The standard InChI is InChI=1S/C32H39N7O/c1-21-6-5-13-39(18-21)19-24-14-28(36-29-22(2)9-10-27(24)29)30(40)35-26-8-4-7-25(15-26)32(16-23(17-32)11-12-33)31-37-34-20-38(31)3/h4,7-8,14-15,20-23H,5-6,9-11,13,16-19H2,1-3H3,(H,35,40)/t21-,22?,23?,32?/m0/s1. The lowest BCUT2D eigenvalue weighted by Gasteiger charge is -2.46. The van der Waals surface area contributed by atoms with Crippen LogP contribution in [0.25, 0.3) is 0 Å². The second-order valence-electron chi connectivity index (χ2n) is 12.5. The van der Waals surface area contributed by atoms with Gasteiger partial charge in [-0.05, 0) is 97.7 Å². The Kier molecular flexibility index (Phi) is 7.18. The Morgan fingerprint density at radius 1 is 1.23 bits per heavy atom. The van der Waals surface area contributed by atoms with E-state index in [0.717, 1.165) is 68.1 Å². The molecule has 2 aliphatic carbocycles. The van der Waals surface area contributed by atoms with E-state index in [2.05, 4.69) is 52.5 Å². The molecule has 1 aliphatic heterocycles. The molecule has 1 aromatic carbocycles. The van der Waals surface area contributed by atoms with Gasteiger partial charge in [0.25, 0.3) is 5.91 Å². The number of fused-ring (bicyclic) bond motifs is 1. The lowest BCUT2D eigenvalue weighted by atomic mass is 9.57. The highest BCUT2D eigenvalue weighted by atomic mass is 16.1. The van der Waals surface area contributed by atoms with Crippen LogP contribution in [0.5, 0.6) is 0 Å². The molecule has 3 aromatic rings. The van der Waals surface area contributed by atoms with Crippen LogP contribution >= 0.6 is 0 Å². The number of aromatic nitrogens is 4. The van der Waals surface area contributed by atoms with Crippen molar-refractivity contribution < 1.29 is 4.79 Å². The highest BCUT2D eigenvalue weighted by Crippen LogP contribution is 2.53. The van der Waals surface area contributed by atoms with E-state index in [9.17, 15) is 10.1 Å². The van der Waals surface area contributed by atoms with Crippen molar-refractivity contribution in [1.82, 2.24) is 24.6 Å². The predicted octanol–water partition coefficient (Wildman–Crippen LogP) is 5.35. The Bertz CT molecular complexity index is 1450. The predicted molar refractivity (Wildman–Crippen MR) is 154 cm³/mol. The van der Waals surface area contributed by atoms with Gasteiger partial charge in [-0.25, -0.2) is 4.98 Å². The third-order valence-electron chi connectivity index (χ3n) is 9.38. The van der Waals surface area contributed by atoms with Gasteiger partial charge in [-0.3, -0.25) is 9.69 Å². The number of anilines is 1. The van der Waals surface area contributed by atoms with Gasteiger partial charge in [0, 0.05) is 37.9 Å². The summed E-state index contributed by atoms with van der Waals surface area (Å²) in [4.78, 5) is 21.1. The Hall–Kier alpha value is -3.57. The third kappa shape index (κ3) is 4.92. The zero-order valence-corrected chi connectivity index (χ0v) is 23.9. The Balaban J connectivity index is 1.26. The second-order valence-corrected chi connectivity index (χ2v) is 12.5. The van der Waals surface area contributed by atoms with Gasteiger partial charge in [0.1, 0.15) is 17.8 Å². The number of benzene rings is 1. The van der Waals surface area contributed by atoms with Gasteiger partial charge >= 0.3 is 0 Å². The average Bonchev–Trinajstić information content (AvgIpc) is 3.52. The minimum Gasteiger partial charge on any atom is -0.321 e. The molecule has 0 spiro atoms. The summed E-state index contributed by atoms with van der Waals surface area (Å²) in [7, 11) is 1.96. The van der Waals surface area contributed by atoms with Crippen molar-refractivity contribution in [3.8, 4) is 6.07 Å². The number of nitrogens with one attached hydrogen (secondary N) is 1. The number of hydrogen-bond acceptors (Lipinski definition) is 6. The molecule has 1 saturated carbocycles. The first-order valence-electron chi connectivity index (χ1n) is 14.7. The number of carbonyl (C=O) groups is 1. The molecule has 1 amide bonds. The van der Waals surface area contributed by atoms with Crippen LogP contribution in [0.15, 0.2) is 36.7 Å². The van der Waals surface area contributed by atoms with Crippen LogP contribution in [0.3, 0.4) is 0 Å². The molecule has 2 atom stereocenters. The van der Waals surface area contributed by atoms with Crippen LogP contribution in [0.2, 0.25) is 0 Å². The SMILES string of the molecule is CC1CCc2c(CN3CCC[C@H](C)C3)cc(C(=O)Nc3cccc(C4(c5nncn5C)CC(CC#N)C4)c3)nc21. The van der Waals surface area contributed by atoms with E-state index in [1.807, 2.05) is 29.8 Å². The van der Waals surface area contributed by atoms with Crippen molar-refractivity contribution in [3.05, 3.63) is 70.6 Å². The molecular weight excluding hydrogens is 498 g/mol. The Morgan fingerprint density at radius 2 is 2.08 bits per heavy atom. The number of likely N-dealkylation sites (tertiary alicyclic amines) is 1. The van der Waals surface area contributed by atoms with Gasteiger partial charge in [-0.15, -0.1) is 10.2 Å². The molecule has 3 heterocycles. The summed E-state index contributed by atoms with van der Waals surface area (Å²) in [5.41, 5.74) is 5.74. The van der Waals surface area contributed by atoms with Gasteiger partial charge < -0.3 is 9.88 Å². The van der Waals surface area contributed by atoms with E-state index in [1.165, 1.54) is 24.0 Å². The van der Waals surface area contributed by atoms with Gasteiger partial charge in [-0.2, -0.15) is 5.26 Å². The first-order chi connectivity index (χ1) is 19.4. The minimum absolute atomic E-state index is 0.170. The molecule has 3 aliphatic rings. The van der Waals surface area contributed by atoms with Gasteiger partial charge in [0.05, 0.1) is 11.5 Å². The number of nitriles is 1.